The van der Waals surface area contributed by atoms with Gasteiger partial charge < -0.3 is 5.32 Å². The quantitative estimate of drug-likeness (QED) is 0.881. The molecular weight excluding hydrogens is 292 g/mol. The maximum absolute atomic E-state index is 12.0. The summed E-state index contributed by atoms with van der Waals surface area (Å²) in [6, 6.07) is 9.36. The van der Waals surface area contributed by atoms with Crippen LogP contribution in [0.4, 0.5) is 5.69 Å². The van der Waals surface area contributed by atoms with Crippen LogP contribution in [0.2, 0.25) is 0 Å². The average molecular weight is 305 g/mol. The number of rotatable bonds is 3. The van der Waals surface area contributed by atoms with Gasteiger partial charge in [-0.2, -0.15) is 0 Å². The van der Waals surface area contributed by atoms with Crippen LogP contribution in [0, 0.1) is 6.92 Å². The van der Waals surface area contributed by atoms with Gasteiger partial charge in [-0.05, 0) is 36.2 Å². The van der Waals surface area contributed by atoms with Crippen LogP contribution in [0.1, 0.15) is 21.5 Å². The molecule has 1 aromatic carbocycles. The zero-order valence-electron chi connectivity index (χ0n) is 9.98. The molecule has 0 saturated carbocycles. The van der Waals surface area contributed by atoms with Crippen LogP contribution in [0.3, 0.4) is 0 Å². The molecule has 0 spiro atoms. The summed E-state index contributed by atoms with van der Waals surface area (Å²) in [5.74, 6) is -0.118. The van der Waals surface area contributed by atoms with Crippen LogP contribution in [-0.4, -0.2) is 10.9 Å². The second-order valence-corrected chi connectivity index (χ2v) is 4.54. The Morgan fingerprint density at radius 2 is 2.00 bits per heavy atom. The normalized spacial score (nSPS) is 10.1. The van der Waals surface area contributed by atoms with Crippen molar-refractivity contribution in [2.45, 2.75) is 12.3 Å². The highest BCUT2D eigenvalue weighted by Gasteiger charge is 2.07. The summed E-state index contributed by atoms with van der Waals surface area (Å²) in [7, 11) is 0. The van der Waals surface area contributed by atoms with E-state index in [2.05, 4.69) is 26.2 Å². The van der Waals surface area contributed by atoms with Gasteiger partial charge in [-0.1, -0.05) is 28.1 Å². The van der Waals surface area contributed by atoms with Crippen molar-refractivity contribution in [2.24, 2.45) is 0 Å². The van der Waals surface area contributed by atoms with Crippen molar-refractivity contribution in [3.8, 4) is 0 Å². The Labute approximate surface area is 114 Å². The highest BCUT2D eigenvalue weighted by molar-refractivity contribution is 9.08. The van der Waals surface area contributed by atoms with Crippen molar-refractivity contribution < 1.29 is 4.79 Å². The number of carbonyl (C=O) groups excluding carboxylic acids is 1. The van der Waals surface area contributed by atoms with Gasteiger partial charge in [0.15, 0.2) is 0 Å². The lowest BCUT2D eigenvalue weighted by Crippen LogP contribution is -2.12. The monoisotopic (exact) mass is 304 g/mol. The van der Waals surface area contributed by atoms with E-state index in [1.807, 2.05) is 37.3 Å². The van der Waals surface area contributed by atoms with Crippen molar-refractivity contribution in [2.75, 3.05) is 5.32 Å². The molecule has 1 N–H and O–H groups in total. The molecule has 0 atom stereocenters. The van der Waals surface area contributed by atoms with Gasteiger partial charge in [0.05, 0.1) is 11.9 Å². The van der Waals surface area contributed by atoms with E-state index in [9.17, 15) is 4.79 Å². The number of nitrogens with zero attached hydrogens (tertiary/aromatic N) is 1. The smallest absolute Gasteiger partial charge is 0.255 e. The molecule has 3 nitrogen and oxygen atoms in total. The predicted molar refractivity (Wildman–Crippen MR) is 76.0 cm³/mol. The average Bonchev–Trinajstić information content (AvgIpc) is 2.41. The highest BCUT2D eigenvalue weighted by Crippen LogP contribution is 2.14. The van der Waals surface area contributed by atoms with Crippen LogP contribution < -0.4 is 5.32 Å². The predicted octanol–water partition coefficient (Wildman–Crippen LogP) is 3.54. The first-order valence-corrected chi connectivity index (χ1v) is 6.69. The Balaban J connectivity index is 2.14. The minimum Gasteiger partial charge on any atom is -0.320 e. The number of halogens is 1. The molecule has 0 saturated heterocycles. The Bertz CT molecular complexity index is 552. The van der Waals surface area contributed by atoms with E-state index in [1.54, 1.807) is 12.4 Å². The van der Waals surface area contributed by atoms with E-state index in [-0.39, 0.29) is 5.91 Å². The summed E-state index contributed by atoms with van der Waals surface area (Å²) < 4.78 is 0. The van der Waals surface area contributed by atoms with Crippen molar-refractivity contribution in [1.82, 2.24) is 4.98 Å². The van der Waals surface area contributed by atoms with E-state index in [1.165, 1.54) is 0 Å². The first kappa shape index (κ1) is 12.8. The number of anilines is 1. The third kappa shape index (κ3) is 2.96. The topological polar surface area (TPSA) is 42.0 Å². The summed E-state index contributed by atoms with van der Waals surface area (Å²) in [5.41, 5.74) is 3.52. The summed E-state index contributed by atoms with van der Waals surface area (Å²) in [4.78, 5) is 16.0. The van der Waals surface area contributed by atoms with Crippen molar-refractivity contribution in [3.05, 3.63) is 59.4 Å². The van der Waals surface area contributed by atoms with E-state index >= 15 is 0 Å². The number of pyridine rings is 1. The van der Waals surface area contributed by atoms with Crippen molar-refractivity contribution in [1.29, 1.82) is 0 Å². The lowest BCUT2D eigenvalue weighted by Gasteiger charge is -2.07. The SMILES string of the molecule is Cc1ccncc1NC(=O)c1ccc(CBr)cc1. The summed E-state index contributed by atoms with van der Waals surface area (Å²) in [5, 5.41) is 3.64. The zero-order chi connectivity index (χ0) is 13.0. The molecule has 0 radical (unpaired) electrons. The Morgan fingerprint density at radius 1 is 1.28 bits per heavy atom. The zero-order valence-corrected chi connectivity index (χ0v) is 11.6. The number of alkyl halides is 1. The minimum absolute atomic E-state index is 0.118. The Morgan fingerprint density at radius 3 is 2.61 bits per heavy atom. The fourth-order valence-electron chi connectivity index (χ4n) is 1.53. The maximum atomic E-state index is 12.0. The molecule has 4 heteroatoms. The number of hydrogen-bond acceptors (Lipinski definition) is 2. The van der Waals surface area contributed by atoms with E-state index < -0.39 is 0 Å². The van der Waals surface area contributed by atoms with Crippen molar-refractivity contribution >= 4 is 27.5 Å². The molecule has 0 unspecified atom stereocenters. The number of aromatic nitrogens is 1. The number of carbonyl (C=O) groups is 1. The summed E-state index contributed by atoms with van der Waals surface area (Å²) >= 11 is 3.37. The van der Waals surface area contributed by atoms with Gasteiger partial charge in [-0.25, -0.2) is 0 Å². The molecule has 18 heavy (non-hydrogen) atoms. The first-order valence-electron chi connectivity index (χ1n) is 5.57. The highest BCUT2D eigenvalue weighted by atomic mass is 79.9. The van der Waals surface area contributed by atoms with Crippen LogP contribution in [-0.2, 0) is 5.33 Å². The van der Waals surface area contributed by atoms with E-state index in [0.717, 1.165) is 22.1 Å². The van der Waals surface area contributed by atoms with Gasteiger partial charge in [-0.3, -0.25) is 9.78 Å². The molecule has 0 bridgehead atoms. The Hall–Kier alpha value is -1.68. The van der Waals surface area contributed by atoms with Gasteiger partial charge in [0.2, 0.25) is 0 Å². The Kier molecular flexibility index (Phi) is 4.10. The summed E-state index contributed by atoms with van der Waals surface area (Å²) in [6.07, 6.45) is 3.36. The molecule has 1 aromatic heterocycles. The molecule has 1 heterocycles. The lowest BCUT2D eigenvalue weighted by atomic mass is 10.1. The number of amides is 1. The van der Waals surface area contributed by atoms with Gasteiger partial charge in [0.1, 0.15) is 0 Å². The lowest BCUT2D eigenvalue weighted by molar-refractivity contribution is 0.102. The van der Waals surface area contributed by atoms with Gasteiger partial charge in [0.25, 0.3) is 5.91 Å². The van der Waals surface area contributed by atoms with Crippen LogP contribution >= 0.6 is 15.9 Å². The minimum atomic E-state index is -0.118. The molecule has 0 fully saturated rings. The van der Waals surface area contributed by atoms with Gasteiger partial charge in [-0.15, -0.1) is 0 Å². The van der Waals surface area contributed by atoms with Crippen LogP contribution in [0.5, 0.6) is 0 Å². The molecule has 2 aromatic rings. The second-order valence-electron chi connectivity index (χ2n) is 3.98. The number of nitrogens with one attached hydrogen (secondary N) is 1. The molecule has 1 amide bonds. The first-order chi connectivity index (χ1) is 8.70. The molecule has 92 valence electrons. The third-order valence-corrected chi connectivity index (χ3v) is 3.31. The second kappa shape index (κ2) is 5.78. The van der Waals surface area contributed by atoms with Gasteiger partial charge >= 0.3 is 0 Å². The van der Waals surface area contributed by atoms with E-state index in [0.29, 0.717) is 5.56 Å². The maximum Gasteiger partial charge on any atom is 0.255 e. The van der Waals surface area contributed by atoms with Crippen LogP contribution in [0.15, 0.2) is 42.7 Å². The fraction of sp³-hybridized carbons (Fsp3) is 0.143. The van der Waals surface area contributed by atoms with Gasteiger partial charge in [0, 0.05) is 17.1 Å². The molecule has 0 aliphatic heterocycles. The fourth-order valence-corrected chi connectivity index (χ4v) is 1.91. The van der Waals surface area contributed by atoms with Crippen LogP contribution in [0.25, 0.3) is 0 Å². The third-order valence-electron chi connectivity index (χ3n) is 2.66. The standard InChI is InChI=1S/C14H13BrN2O/c1-10-6-7-16-9-13(10)17-14(18)12-4-2-11(8-15)3-5-12/h2-7,9H,8H2,1H3,(H,17,18). The van der Waals surface area contributed by atoms with Crippen molar-refractivity contribution in [3.63, 3.8) is 0 Å². The molecular formula is C14H13BrN2O. The number of hydrogen-bond donors (Lipinski definition) is 1. The number of aryl methyl sites for hydroxylation is 1. The number of benzene rings is 1. The molecule has 2 rings (SSSR count). The van der Waals surface area contributed by atoms with E-state index in [4.69, 9.17) is 0 Å². The largest absolute Gasteiger partial charge is 0.320 e. The molecule has 0 aliphatic rings. The summed E-state index contributed by atoms with van der Waals surface area (Å²) in [6.45, 7) is 1.94. The molecule has 0 aliphatic carbocycles.